The molecule has 0 saturated heterocycles. The van der Waals surface area contributed by atoms with Crippen molar-refractivity contribution in [3.05, 3.63) is 0 Å². The van der Waals surface area contributed by atoms with Crippen LogP contribution in [-0.2, 0) is 4.79 Å². The predicted molar refractivity (Wildman–Crippen MR) is 71.5 cm³/mol. The van der Waals surface area contributed by atoms with Crippen molar-refractivity contribution in [3.8, 4) is 0 Å². The summed E-state index contributed by atoms with van der Waals surface area (Å²) < 4.78 is 0. The predicted octanol–water partition coefficient (Wildman–Crippen LogP) is 2.13. The molecular formula is C13H26N2O3. The minimum Gasteiger partial charge on any atom is -0.480 e. The molecule has 2 amide bonds. The van der Waals surface area contributed by atoms with E-state index in [2.05, 4.69) is 13.8 Å². The van der Waals surface area contributed by atoms with Gasteiger partial charge in [0.1, 0.15) is 6.54 Å². The fourth-order valence-electron chi connectivity index (χ4n) is 1.73. The van der Waals surface area contributed by atoms with Gasteiger partial charge in [-0.15, -0.1) is 0 Å². The topological polar surface area (TPSA) is 60.9 Å². The van der Waals surface area contributed by atoms with E-state index in [4.69, 9.17) is 5.11 Å². The van der Waals surface area contributed by atoms with E-state index in [0.29, 0.717) is 19.0 Å². The minimum atomic E-state index is -0.971. The maximum atomic E-state index is 12.2. The molecule has 0 fully saturated rings. The normalized spacial score (nSPS) is 12.3. The molecule has 0 rings (SSSR count). The van der Waals surface area contributed by atoms with Crippen molar-refractivity contribution in [2.45, 2.75) is 34.1 Å². The quantitative estimate of drug-likeness (QED) is 0.761. The fourth-order valence-corrected chi connectivity index (χ4v) is 1.73. The van der Waals surface area contributed by atoms with Gasteiger partial charge < -0.3 is 14.9 Å². The molecule has 0 aromatic heterocycles. The average molecular weight is 258 g/mol. The van der Waals surface area contributed by atoms with Crippen LogP contribution in [0.1, 0.15) is 34.1 Å². The highest BCUT2D eigenvalue weighted by Crippen LogP contribution is 2.07. The van der Waals surface area contributed by atoms with Crippen molar-refractivity contribution in [2.75, 3.05) is 26.7 Å². The summed E-state index contributed by atoms with van der Waals surface area (Å²) in [6, 6.07) is -0.202. The SMILES string of the molecule is CCC(C)CN(C)C(=O)N(CC(=O)O)CC(C)C. The molecule has 0 aromatic carbocycles. The Morgan fingerprint density at radius 1 is 1.17 bits per heavy atom. The highest BCUT2D eigenvalue weighted by molar-refractivity contribution is 5.80. The molecule has 0 aliphatic carbocycles. The van der Waals surface area contributed by atoms with Crippen LogP contribution in [0.3, 0.4) is 0 Å². The van der Waals surface area contributed by atoms with Crippen LogP contribution in [0.25, 0.3) is 0 Å². The molecule has 1 unspecified atom stereocenters. The Morgan fingerprint density at radius 3 is 2.11 bits per heavy atom. The van der Waals surface area contributed by atoms with Crippen molar-refractivity contribution < 1.29 is 14.7 Å². The number of carboxylic acid groups (broad SMARTS) is 1. The van der Waals surface area contributed by atoms with E-state index < -0.39 is 5.97 Å². The van der Waals surface area contributed by atoms with Crippen LogP contribution in [0.15, 0.2) is 0 Å². The summed E-state index contributed by atoms with van der Waals surface area (Å²) in [5.74, 6) is -0.295. The van der Waals surface area contributed by atoms with E-state index in [0.717, 1.165) is 6.42 Å². The smallest absolute Gasteiger partial charge is 0.323 e. The number of urea groups is 1. The maximum absolute atomic E-state index is 12.2. The lowest BCUT2D eigenvalue weighted by Crippen LogP contribution is -2.46. The second-order valence-corrected chi connectivity index (χ2v) is 5.34. The first kappa shape index (κ1) is 16.7. The molecule has 0 bridgehead atoms. The first-order valence-corrected chi connectivity index (χ1v) is 6.49. The lowest BCUT2D eigenvalue weighted by atomic mass is 10.1. The Bertz CT molecular complexity index is 279. The summed E-state index contributed by atoms with van der Waals surface area (Å²) in [6.07, 6.45) is 1.00. The van der Waals surface area contributed by atoms with Crippen LogP contribution in [0, 0.1) is 11.8 Å². The number of amides is 2. The molecule has 18 heavy (non-hydrogen) atoms. The third-order valence-electron chi connectivity index (χ3n) is 2.79. The van der Waals surface area contributed by atoms with Crippen LogP contribution in [0.4, 0.5) is 4.79 Å². The van der Waals surface area contributed by atoms with Gasteiger partial charge in [-0.25, -0.2) is 4.79 Å². The molecule has 5 heteroatoms. The first-order chi connectivity index (χ1) is 8.27. The fraction of sp³-hybridized carbons (Fsp3) is 0.846. The van der Waals surface area contributed by atoms with Gasteiger partial charge in [0, 0.05) is 20.1 Å². The van der Waals surface area contributed by atoms with Gasteiger partial charge >= 0.3 is 12.0 Å². The zero-order valence-corrected chi connectivity index (χ0v) is 12.1. The largest absolute Gasteiger partial charge is 0.480 e. The van der Waals surface area contributed by atoms with Gasteiger partial charge in [-0.1, -0.05) is 34.1 Å². The standard InChI is InChI=1S/C13H26N2O3/c1-6-11(4)8-14(5)13(18)15(7-10(2)3)9-12(16)17/h10-11H,6-9H2,1-5H3,(H,16,17). The summed E-state index contributed by atoms with van der Waals surface area (Å²) >= 11 is 0. The molecule has 1 atom stereocenters. The van der Waals surface area contributed by atoms with Crippen molar-refractivity contribution in [2.24, 2.45) is 11.8 Å². The minimum absolute atomic E-state index is 0.202. The zero-order chi connectivity index (χ0) is 14.3. The van der Waals surface area contributed by atoms with E-state index in [-0.39, 0.29) is 18.5 Å². The summed E-state index contributed by atoms with van der Waals surface area (Å²) in [4.78, 5) is 25.9. The lowest BCUT2D eigenvalue weighted by Gasteiger charge is -2.29. The lowest BCUT2D eigenvalue weighted by molar-refractivity contribution is -0.137. The Balaban J connectivity index is 4.57. The van der Waals surface area contributed by atoms with Gasteiger partial charge in [-0.3, -0.25) is 4.79 Å². The van der Waals surface area contributed by atoms with Crippen LogP contribution < -0.4 is 0 Å². The van der Waals surface area contributed by atoms with Crippen LogP contribution in [-0.4, -0.2) is 53.6 Å². The third-order valence-corrected chi connectivity index (χ3v) is 2.79. The summed E-state index contributed by atoms with van der Waals surface area (Å²) in [5.41, 5.74) is 0. The number of aliphatic carboxylic acids is 1. The Labute approximate surface area is 110 Å². The Kier molecular flexibility index (Phi) is 7.39. The second-order valence-electron chi connectivity index (χ2n) is 5.34. The van der Waals surface area contributed by atoms with Gasteiger partial charge in [0.25, 0.3) is 0 Å². The number of carboxylic acids is 1. The second kappa shape index (κ2) is 7.95. The molecule has 0 aromatic rings. The highest BCUT2D eigenvalue weighted by atomic mass is 16.4. The monoisotopic (exact) mass is 258 g/mol. The molecule has 0 saturated carbocycles. The molecule has 0 aliphatic heterocycles. The summed E-state index contributed by atoms with van der Waals surface area (Å²) in [5, 5.41) is 8.84. The molecule has 0 heterocycles. The molecule has 0 aliphatic rings. The third kappa shape index (κ3) is 6.47. The van der Waals surface area contributed by atoms with Crippen LogP contribution in [0.2, 0.25) is 0 Å². The number of rotatable bonds is 7. The van der Waals surface area contributed by atoms with Crippen molar-refractivity contribution in [1.29, 1.82) is 0 Å². The average Bonchev–Trinajstić information content (AvgIpc) is 2.25. The molecule has 106 valence electrons. The van der Waals surface area contributed by atoms with Crippen molar-refractivity contribution in [1.82, 2.24) is 9.80 Å². The van der Waals surface area contributed by atoms with Gasteiger partial charge in [-0.2, -0.15) is 0 Å². The molecule has 0 spiro atoms. The molecule has 1 N–H and O–H groups in total. The van der Waals surface area contributed by atoms with Crippen LogP contribution >= 0.6 is 0 Å². The summed E-state index contributed by atoms with van der Waals surface area (Å²) in [7, 11) is 1.73. The Morgan fingerprint density at radius 2 is 1.72 bits per heavy atom. The number of hydrogen-bond acceptors (Lipinski definition) is 2. The van der Waals surface area contributed by atoms with Gasteiger partial charge in [-0.05, 0) is 11.8 Å². The molecule has 5 nitrogen and oxygen atoms in total. The van der Waals surface area contributed by atoms with Gasteiger partial charge in [0.2, 0.25) is 0 Å². The summed E-state index contributed by atoms with van der Waals surface area (Å²) in [6.45, 7) is 8.98. The number of nitrogens with zero attached hydrogens (tertiary/aromatic N) is 2. The van der Waals surface area contributed by atoms with Crippen molar-refractivity contribution in [3.63, 3.8) is 0 Å². The van der Waals surface area contributed by atoms with Crippen LogP contribution in [0.5, 0.6) is 0 Å². The number of carbonyl (C=O) groups is 2. The van der Waals surface area contributed by atoms with E-state index in [1.807, 2.05) is 13.8 Å². The van der Waals surface area contributed by atoms with Gasteiger partial charge in [0.15, 0.2) is 0 Å². The van der Waals surface area contributed by atoms with E-state index in [1.165, 1.54) is 4.90 Å². The number of carbonyl (C=O) groups excluding carboxylic acids is 1. The van der Waals surface area contributed by atoms with Crippen molar-refractivity contribution >= 4 is 12.0 Å². The highest BCUT2D eigenvalue weighted by Gasteiger charge is 2.21. The first-order valence-electron chi connectivity index (χ1n) is 6.49. The zero-order valence-electron chi connectivity index (χ0n) is 12.1. The molecular weight excluding hydrogens is 232 g/mol. The molecule has 0 radical (unpaired) electrons. The Hall–Kier alpha value is -1.26. The maximum Gasteiger partial charge on any atom is 0.323 e. The van der Waals surface area contributed by atoms with Gasteiger partial charge in [0.05, 0.1) is 0 Å². The van der Waals surface area contributed by atoms with E-state index in [1.54, 1.807) is 11.9 Å². The number of hydrogen-bond donors (Lipinski definition) is 1. The van der Waals surface area contributed by atoms with E-state index >= 15 is 0 Å². The van der Waals surface area contributed by atoms with E-state index in [9.17, 15) is 9.59 Å².